The number of halogens is 2. The largest absolute Gasteiger partial charge is 0.342 e. The summed E-state index contributed by atoms with van der Waals surface area (Å²) in [5.41, 5.74) is 0. The van der Waals surface area contributed by atoms with Crippen molar-refractivity contribution in [1.29, 1.82) is 0 Å². The van der Waals surface area contributed by atoms with E-state index in [2.05, 4.69) is 15.5 Å². The molecule has 3 aliphatic heterocycles. The monoisotopic (exact) mass is 281 g/mol. The Morgan fingerprint density at radius 3 is 2.29 bits per heavy atom. The van der Waals surface area contributed by atoms with Gasteiger partial charge in [0.1, 0.15) is 0 Å². The van der Waals surface area contributed by atoms with Gasteiger partial charge in [0, 0.05) is 26.2 Å². The average Bonchev–Trinajstić information content (AvgIpc) is 2.61. The van der Waals surface area contributed by atoms with Crippen molar-refractivity contribution in [2.24, 2.45) is 17.8 Å². The number of piperidine rings is 1. The number of nitrogens with one attached hydrogen (secondary N) is 2. The highest BCUT2D eigenvalue weighted by Gasteiger charge is 2.37. The van der Waals surface area contributed by atoms with Gasteiger partial charge in [-0.1, -0.05) is 0 Å². The molecule has 0 saturated carbocycles. The first kappa shape index (κ1) is 15.0. The number of carbonyl (C=O) groups is 1. The molecular formula is C11H21Cl2N3O. The second kappa shape index (κ2) is 6.23. The molecule has 0 aliphatic carbocycles. The lowest BCUT2D eigenvalue weighted by Gasteiger charge is -2.38. The van der Waals surface area contributed by atoms with Crippen molar-refractivity contribution in [3.63, 3.8) is 0 Å². The molecule has 3 fully saturated rings. The van der Waals surface area contributed by atoms with Gasteiger partial charge in [-0.3, -0.25) is 4.79 Å². The van der Waals surface area contributed by atoms with Crippen LogP contribution in [0.15, 0.2) is 0 Å². The fourth-order valence-electron chi connectivity index (χ4n) is 2.96. The zero-order chi connectivity index (χ0) is 10.3. The first-order chi connectivity index (χ1) is 7.34. The quantitative estimate of drug-likeness (QED) is 0.718. The zero-order valence-corrected chi connectivity index (χ0v) is 11.5. The maximum absolute atomic E-state index is 12.0. The van der Waals surface area contributed by atoms with Crippen molar-refractivity contribution in [3.8, 4) is 0 Å². The zero-order valence-electron chi connectivity index (χ0n) is 9.85. The van der Waals surface area contributed by atoms with Crippen LogP contribution in [0.25, 0.3) is 0 Å². The van der Waals surface area contributed by atoms with Crippen LogP contribution in [-0.4, -0.2) is 50.1 Å². The minimum atomic E-state index is 0. The maximum Gasteiger partial charge on any atom is 0.228 e. The molecule has 17 heavy (non-hydrogen) atoms. The molecule has 3 rings (SSSR count). The lowest BCUT2D eigenvalue weighted by molar-refractivity contribution is -0.139. The minimum Gasteiger partial charge on any atom is -0.342 e. The summed E-state index contributed by atoms with van der Waals surface area (Å²) in [4.78, 5) is 14.1. The predicted molar refractivity (Wildman–Crippen MR) is 71.9 cm³/mol. The molecule has 0 radical (unpaired) electrons. The molecule has 2 atom stereocenters. The van der Waals surface area contributed by atoms with E-state index in [1.165, 1.54) is 6.42 Å². The molecule has 0 spiro atoms. The van der Waals surface area contributed by atoms with Gasteiger partial charge in [0.05, 0.1) is 5.92 Å². The van der Waals surface area contributed by atoms with Gasteiger partial charge < -0.3 is 15.5 Å². The number of likely N-dealkylation sites (tertiary alicyclic amines) is 1. The first-order valence-corrected chi connectivity index (χ1v) is 6.05. The highest BCUT2D eigenvalue weighted by Crippen LogP contribution is 2.27. The Labute approximate surface area is 115 Å². The highest BCUT2D eigenvalue weighted by atomic mass is 35.5. The number of hydrogen-bond donors (Lipinski definition) is 2. The summed E-state index contributed by atoms with van der Waals surface area (Å²) in [5.74, 6) is 2.21. The first-order valence-electron chi connectivity index (χ1n) is 6.05. The van der Waals surface area contributed by atoms with Crippen molar-refractivity contribution in [1.82, 2.24) is 15.5 Å². The van der Waals surface area contributed by atoms with Crippen LogP contribution < -0.4 is 10.6 Å². The molecule has 0 bridgehead atoms. The fourth-order valence-corrected chi connectivity index (χ4v) is 2.96. The summed E-state index contributed by atoms with van der Waals surface area (Å²) >= 11 is 0. The SMILES string of the molecule is Cl.Cl.O=C(C1CNC1)N1CCC2CNCC2C1. The van der Waals surface area contributed by atoms with Gasteiger partial charge in [0.2, 0.25) is 5.91 Å². The van der Waals surface area contributed by atoms with Crippen molar-refractivity contribution >= 4 is 30.7 Å². The summed E-state index contributed by atoms with van der Waals surface area (Å²) < 4.78 is 0. The molecule has 0 aromatic heterocycles. The molecule has 2 unspecified atom stereocenters. The maximum atomic E-state index is 12.0. The molecule has 2 N–H and O–H groups in total. The van der Waals surface area contributed by atoms with Gasteiger partial charge in [0.15, 0.2) is 0 Å². The fraction of sp³-hybridized carbons (Fsp3) is 0.909. The minimum absolute atomic E-state index is 0. The van der Waals surface area contributed by atoms with E-state index in [0.717, 1.165) is 51.1 Å². The summed E-state index contributed by atoms with van der Waals surface area (Å²) in [7, 11) is 0. The molecule has 4 nitrogen and oxygen atoms in total. The van der Waals surface area contributed by atoms with E-state index in [4.69, 9.17) is 0 Å². The standard InChI is InChI=1S/C11H19N3O.2ClH/c15-11(9-4-13-5-9)14-2-1-8-3-12-6-10(8)7-14;;/h8-10,12-13H,1-7H2;2*1H. The van der Waals surface area contributed by atoms with Gasteiger partial charge in [-0.25, -0.2) is 0 Å². The lowest BCUT2D eigenvalue weighted by Crippen LogP contribution is -2.54. The Balaban J connectivity index is 0.000000722. The van der Waals surface area contributed by atoms with Crippen molar-refractivity contribution in [3.05, 3.63) is 0 Å². The number of nitrogens with zero attached hydrogens (tertiary/aromatic N) is 1. The predicted octanol–water partition coefficient (Wildman–Crippen LogP) is 0.117. The molecule has 3 aliphatic rings. The lowest BCUT2D eigenvalue weighted by atomic mass is 9.87. The molecule has 6 heteroatoms. The Bertz CT molecular complexity index is 273. The van der Waals surface area contributed by atoms with Gasteiger partial charge in [-0.15, -0.1) is 24.8 Å². The third-order valence-corrected chi connectivity index (χ3v) is 4.15. The number of rotatable bonds is 1. The van der Waals surface area contributed by atoms with Gasteiger partial charge >= 0.3 is 0 Å². The van der Waals surface area contributed by atoms with E-state index in [1.807, 2.05) is 0 Å². The van der Waals surface area contributed by atoms with Crippen molar-refractivity contribution in [2.75, 3.05) is 39.3 Å². The normalized spacial score (nSPS) is 31.9. The summed E-state index contributed by atoms with van der Waals surface area (Å²) in [6.45, 7) is 6.03. The second-order valence-electron chi connectivity index (χ2n) is 5.11. The van der Waals surface area contributed by atoms with E-state index in [-0.39, 0.29) is 30.7 Å². The topological polar surface area (TPSA) is 44.4 Å². The van der Waals surface area contributed by atoms with Crippen LogP contribution in [0.5, 0.6) is 0 Å². The third-order valence-electron chi connectivity index (χ3n) is 4.15. The molecule has 0 aromatic rings. The second-order valence-corrected chi connectivity index (χ2v) is 5.11. The van der Waals surface area contributed by atoms with E-state index in [1.54, 1.807) is 0 Å². The number of fused-ring (bicyclic) bond motifs is 1. The summed E-state index contributed by atoms with van der Waals surface area (Å²) in [6, 6.07) is 0. The van der Waals surface area contributed by atoms with Crippen LogP contribution in [0.1, 0.15) is 6.42 Å². The molecule has 1 amide bonds. The van der Waals surface area contributed by atoms with E-state index in [9.17, 15) is 4.79 Å². The van der Waals surface area contributed by atoms with Crippen LogP contribution in [0.2, 0.25) is 0 Å². The average molecular weight is 282 g/mol. The smallest absolute Gasteiger partial charge is 0.228 e. The van der Waals surface area contributed by atoms with E-state index >= 15 is 0 Å². The number of carbonyl (C=O) groups excluding carboxylic acids is 1. The van der Waals surface area contributed by atoms with Crippen LogP contribution in [-0.2, 0) is 4.79 Å². The van der Waals surface area contributed by atoms with Gasteiger partial charge in [-0.05, 0) is 31.3 Å². The summed E-state index contributed by atoms with van der Waals surface area (Å²) in [6.07, 6.45) is 1.20. The Hall–Kier alpha value is -0.0300. The van der Waals surface area contributed by atoms with Crippen LogP contribution in [0, 0.1) is 17.8 Å². The van der Waals surface area contributed by atoms with Crippen LogP contribution in [0.4, 0.5) is 0 Å². The number of hydrogen-bond acceptors (Lipinski definition) is 3. The van der Waals surface area contributed by atoms with Gasteiger partial charge in [0.25, 0.3) is 0 Å². The van der Waals surface area contributed by atoms with E-state index in [0.29, 0.717) is 5.91 Å². The molecule has 100 valence electrons. The molecule has 0 aromatic carbocycles. The van der Waals surface area contributed by atoms with E-state index < -0.39 is 0 Å². The third kappa shape index (κ3) is 2.87. The Morgan fingerprint density at radius 2 is 1.65 bits per heavy atom. The Morgan fingerprint density at radius 1 is 1.00 bits per heavy atom. The molecule has 3 saturated heterocycles. The molecule has 3 heterocycles. The van der Waals surface area contributed by atoms with Crippen molar-refractivity contribution in [2.45, 2.75) is 6.42 Å². The van der Waals surface area contributed by atoms with Crippen LogP contribution >= 0.6 is 24.8 Å². The Kier molecular flexibility index (Phi) is 5.51. The van der Waals surface area contributed by atoms with Crippen LogP contribution in [0.3, 0.4) is 0 Å². The summed E-state index contributed by atoms with van der Waals surface area (Å²) in [5, 5.41) is 6.60. The molecular weight excluding hydrogens is 261 g/mol. The number of amides is 1. The highest BCUT2D eigenvalue weighted by molar-refractivity contribution is 5.85. The van der Waals surface area contributed by atoms with Crippen molar-refractivity contribution < 1.29 is 4.79 Å². The van der Waals surface area contributed by atoms with Gasteiger partial charge in [-0.2, -0.15) is 0 Å².